The smallest absolute Gasteiger partial charge is 0.326 e. The van der Waals surface area contributed by atoms with Crippen LogP contribution >= 0.6 is 23.2 Å². The minimum Gasteiger partial charge on any atom is -0.454 e. The van der Waals surface area contributed by atoms with Gasteiger partial charge in [0.15, 0.2) is 5.75 Å². The largest absolute Gasteiger partial charge is 0.454 e. The summed E-state index contributed by atoms with van der Waals surface area (Å²) >= 11 is 12.7. The number of sulfonamides is 1. The van der Waals surface area contributed by atoms with E-state index in [2.05, 4.69) is 25.9 Å². The van der Waals surface area contributed by atoms with Crippen molar-refractivity contribution < 1.29 is 51.6 Å². The normalized spacial score (nSPS) is 15.1. The number of ether oxygens (including phenoxy) is 1. The number of carbonyl (C=O) groups is 7. The zero-order chi connectivity index (χ0) is 51.2. The summed E-state index contributed by atoms with van der Waals surface area (Å²) in [5, 5.41) is 18.3. The van der Waals surface area contributed by atoms with Gasteiger partial charge < -0.3 is 26.4 Å². The van der Waals surface area contributed by atoms with E-state index in [0.29, 0.717) is 19.3 Å². The Kier molecular flexibility index (Phi) is 20.5. The van der Waals surface area contributed by atoms with Crippen LogP contribution in [0.1, 0.15) is 109 Å². The summed E-state index contributed by atoms with van der Waals surface area (Å²) < 4.78 is 34.4. The molecule has 0 spiro atoms. The van der Waals surface area contributed by atoms with E-state index >= 15 is 0 Å². The molecule has 21 nitrogen and oxygen atoms in total. The van der Waals surface area contributed by atoms with Crippen molar-refractivity contribution in [2.24, 2.45) is 23.5 Å². The summed E-state index contributed by atoms with van der Waals surface area (Å²) in [6.45, 7) is 8.73. The molecule has 5 atom stereocenters. The van der Waals surface area contributed by atoms with Crippen LogP contribution in [-0.2, 0) is 38.8 Å². The van der Waals surface area contributed by atoms with Crippen molar-refractivity contribution in [3.8, 4) is 11.5 Å². The van der Waals surface area contributed by atoms with Crippen LogP contribution in [0.2, 0.25) is 10.0 Å². The zero-order valence-electron chi connectivity index (χ0n) is 38.7. The van der Waals surface area contributed by atoms with E-state index in [0.717, 1.165) is 43.5 Å². The molecule has 4 rings (SSSR count). The summed E-state index contributed by atoms with van der Waals surface area (Å²) in [5.74, 6) is -9.80. The van der Waals surface area contributed by atoms with Gasteiger partial charge in [-0.05, 0) is 61.3 Å². The molecule has 1 saturated carbocycles. The van der Waals surface area contributed by atoms with E-state index in [1.54, 1.807) is 25.5 Å². The Morgan fingerprint density at radius 2 is 1.54 bits per heavy atom. The highest BCUT2D eigenvalue weighted by Gasteiger charge is 2.42. The highest BCUT2D eigenvalue weighted by molar-refractivity contribution is 7.90. The Balaban J connectivity index is 1.65. The zero-order valence-corrected chi connectivity index (χ0v) is 41.1. The van der Waals surface area contributed by atoms with Crippen LogP contribution in [0.5, 0.6) is 11.5 Å². The minimum atomic E-state index is -5.04. The van der Waals surface area contributed by atoms with Crippen molar-refractivity contribution in [3.05, 3.63) is 80.8 Å². The predicted molar refractivity (Wildman–Crippen MR) is 252 cm³/mol. The van der Waals surface area contributed by atoms with Gasteiger partial charge in [0.1, 0.15) is 29.6 Å². The third-order valence-corrected chi connectivity index (χ3v) is 13.3. The van der Waals surface area contributed by atoms with E-state index in [1.807, 2.05) is 13.8 Å². The molecule has 0 saturated heterocycles. The van der Waals surface area contributed by atoms with Crippen LogP contribution < -0.4 is 31.1 Å². The summed E-state index contributed by atoms with van der Waals surface area (Å²) in [4.78, 5) is 115. The quantitative estimate of drug-likeness (QED) is 0.0525. The molecular formula is C45H57Cl2N9O12S. The van der Waals surface area contributed by atoms with Gasteiger partial charge in [-0.15, -0.1) is 0 Å². The maximum atomic E-state index is 14.7. The third kappa shape index (κ3) is 15.7. The van der Waals surface area contributed by atoms with E-state index in [9.17, 15) is 52.1 Å². The molecule has 0 bridgehead atoms. The fraction of sp³-hybridized carbons (Fsp3) is 0.489. The van der Waals surface area contributed by atoms with Crippen LogP contribution in [-0.4, -0.2) is 93.7 Å². The van der Waals surface area contributed by atoms with Crippen LogP contribution in [0.25, 0.3) is 0 Å². The molecule has 1 heterocycles. The lowest BCUT2D eigenvalue weighted by Gasteiger charge is -2.32. The molecule has 24 heteroatoms. The van der Waals surface area contributed by atoms with Gasteiger partial charge >= 0.3 is 11.8 Å². The lowest BCUT2D eigenvalue weighted by molar-refractivity contribution is -0.384. The molecule has 0 aliphatic heterocycles. The molecule has 0 unspecified atom stereocenters. The number of nitrogens with zero attached hydrogens (tertiary/aromatic N) is 4. The number of imide groups is 3. The summed E-state index contributed by atoms with van der Waals surface area (Å²) in [5.41, 5.74) is 5.78. The average molecular weight is 1020 g/mol. The van der Waals surface area contributed by atoms with Crippen LogP contribution in [0.15, 0.2) is 59.9 Å². The second kappa shape index (κ2) is 25.5. The number of non-ortho nitro benzene ring substituents is 1. The average Bonchev–Trinajstić information content (AvgIpc) is 3.31. The summed E-state index contributed by atoms with van der Waals surface area (Å²) in [7, 11) is -5.04. The first-order valence-electron chi connectivity index (χ1n) is 22.4. The molecule has 1 aliphatic rings. The number of halogens is 2. The SMILES string of the molecule is CC[C@H](N)CC(=O)N(C(=O)C(=O)NS(=O)(=O)c1cc(Cl)c(Oc2ccc([N+](=O)[O-])cc2)c(Cl)c1)C(=O)[C@H](CC1CCCCC1)NC(=O)[C@@H](NC(=O)[C@H](CC(C)C)NC(=O)c1cnccn1)[C@@H](C)CC. The second-order valence-electron chi connectivity index (χ2n) is 17.2. The first-order chi connectivity index (χ1) is 32.6. The fourth-order valence-corrected chi connectivity index (χ4v) is 9.06. The van der Waals surface area contributed by atoms with E-state index in [4.69, 9.17) is 33.7 Å². The van der Waals surface area contributed by atoms with Crippen LogP contribution in [0.4, 0.5) is 5.69 Å². The number of benzene rings is 2. The maximum absolute atomic E-state index is 14.7. The monoisotopic (exact) mass is 1020 g/mol. The molecule has 6 N–H and O–H groups in total. The van der Waals surface area contributed by atoms with Crippen molar-refractivity contribution in [2.75, 3.05) is 0 Å². The minimum absolute atomic E-state index is 0.0211. The number of aromatic nitrogens is 2. The lowest BCUT2D eigenvalue weighted by atomic mass is 9.84. The topological polar surface area (TPSA) is 309 Å². The Hall–Kier alpha value is -6.10. The molecule has 3 aromatic rings. The number of rotatable bonds is 21. The summed E-state index contributed by atoms with van der Waals surface area (Å²) in [6.07, 6.45) is 7.62. The number of nitro groups is 1. The number of hydrogen-bond donors (Lipinski definition) is 5. The van der Waals surface area contributed by atoms with Gasteiger partial charge in [0, 0.05) is 37.0 Å². The number of hydrogen-bond acceptors (Lipinski definition) is 15. The van der Waals surface area contributed by atoms with E-state index < -0.39 is 108 Å². The number of carbonyl (C=O) groups excluding carboxylic acids is 7. The molecule has 0 radical (unpaired) electrons. The highest BCUT2D eigenvalue weighted by Crippen LogP contribution is 2.39. The Morgan fingerprint density at radius 3 is 2.09 bits per heavy atom. The second-order valence-corrected chi connectivity index (χ2v) is 19.7. The number of amides is 7. The van der Waals surface area contributed by atoms with Crippen molar-refractivity contribution in [1.82, 2.24) is 35.5 Å². The number of nitrogens with two attached hydrogens (primary N) is 1. The number of nitro benzene ring substituents is 1. The molecule has 7 amide bonds. The molecule has 374 valence electrons. The van der Waals surface area contributed by atoms with Gasteiger partial charge in [0.05, 0.1) is 26.1 Å². The van der Waals surface area contributed by atoms with Gasteiger partial charge in [0.25, 0.3) is 27.5 Å². The molecular weight excluding hydrogens is 962 g/mol. The Morgan fingerprint density at radius 1 is 0.899 bits per heavy atom. The van der Waals surface area contributed by atoms with Crippen molar-refractivity contribution >= 4 is 80.3 Å². The van der Waals surface area contributed by atoms with Gasteiger partial charge in [0.2, 0.25) is 17.7 Å². The standard InChI is InChI=1S/C45H57Cl2N9O12S/c1-6-26(5)38(53-40(58)34(19-25(3)4)51-41(59)36-24-49-17-18-50-36)42(60)52-35(20-27-11-9-8-10-12-27)44(62)55(37(57)21-28(48)7-2)45(63)43(61)54-69(66,67)31-22-32(46)39(33(47)23-31)68-30-15-13-29(14-16-30)56(64)65/h13-18,22-28,34-35,38H,6-12,19-21,48H2,1-5H3,(H,51,59)(H,52,60)(H,53,58)(H,54,61)/t26-,28-,34-,35-,38-/m0/s1. The van der Waals surface area contributed by atoms with Crippen molar-refractivity contribution in [1.29, 1.82) is 0 Å². The molecule has 69 heavy (non-hydrogen) atoms. The Labute approximate surface area is 409 Å². The lowest BCUT2D eigenvalue weighted by Crippen LogP contribution is -2.61. The van der Waals surface area contributed by atoms with Crippen molar-refractivity contribution in [2.45, 2.75) is 128 Å². The molecule has 2 aromatic carbocycles. The van der Waals surface area contributed by atoms with Crippen LogP contribution in [0, 0.1) is 27.9 Å². The van der Waals surface area contributed by atoms with Crippen molar-refractivity contribution in [3.63, 3.8) is 0 Å². The fourth-order valence-electron chi connectivity index (χ4n) is 7.37. The molecule has 1 fully saturated rings. The maximum Gasteiger partial charge on any atom is 0.326 e. The molecule has 1 aromatic heterocycles. The van der Waals surface area contributed by atoms with Gasteiger partial charge in [-0.3, -0.25) is 48.7 Å². The first kappa shape index (κ1) is 55.5. The van der Waals surface area contributed by atoms with E-state index in [-0.39, 0.29) is 58.9 Å². The molecule has 1 aliphatic carbocycles. The van der Waals surface area contributed by atoms with Crippen LogP contribution in [0.3, 0.4) is 0 Å². The summed E-state index contributed by atoms with van der Waals surface area (Å²) in [6, 6.07) is 1.43. The van der Waals surface area contributed by atoms with E-state index in [1.165, 1.54) is 30.7 Å². The third-order valence-electron chi connectivity index (χ3n) is 11.4. The number of nitrogens with one attached hydrogen (secondary N) is 4. The first-order valence-corrected chi connectivity index (χ1v) is 24.6. The van der Waals surface area contributed by atoms with Gasteiger partial charge in [-0.1, -0.05) is 96.3 Å². The highest BCUT2D eigenvalue weighted by atomic mass is 35.5. The van der Waals surface area contributed by atoms with Gasteiger partial charge in [-0.2, -0.15) is 0 Å². The predicted octanol–water partition coefficient (Wildman–Crippen LogP) is 5.13. The van der Waals surface area contributed by atoms with Gasteiger partial charge in [-0.25, -0.2) is 23.0 Å². The Bertz CT molecular complexity index is 2450.